The molecule has 0 saturated heterocycles. The number of methoxy groups -OCH3 is 2. The van der Waals surface area contributed by atoms with Gasteiger partial charge in [0.05, 0.1) is 14.2 Å². The summed E-state index contributed by atoms with van der Waals surface area (Å²) in [6.45, 7) is 4.48. The largest absolute Gasteiger partial charge is 0.493 e. The molecule has 0 fully saturated rings. The lowest BCUT2D eigenvalue weighted by Crippen LogP contribution is -2.41. The van der Waals surface area contributed by atoms with Gasteiger partial charge in [-0.15, -0.1) is 0 Å². The Bertz CT molecular complexity index is 907. The third-order valence-electron chi connectivity index (χ3n) is 4.24. The molecular formula is C21H25N3O5. The molecule has 154 valence electrons. The maximum Gasteiger partial charge on any atom is 0.239 e. The van der Waals surface area contributed by atoms with Crippen molar-refractivity contribution >= 4 is 34.8 Å². The molecule has 2 rings (SSSR count). The second kappa shape index (κ2) is 9.09. The van der Waals surface area contributed by atoms with Crippen LogP contribution in [-0.4, -0.2) is 31.9 Å². The highest BCUT2D eigenvalue weighted by Gasteiger charge is 2.36. The summed E-state index contributed by atoms with van der Waals surface area (Å²) >= 11 is 0. The minimum atomic E-state index is -1.34. The van der Waals surface area contributed by atoms with Crippen LogP contribution in [0.3, 0.4) is 0 Å². The molecule has 8 nitrogen and oxygen atoms in total. The maximum absolute atomic E-state index is 12.7. The van der Waals surface area contributed by atoms with Crippen molar-refractivity contribution in [2.24, 2.45) is 5.41 Å². The average Bonchev–Trinajstić information content (AvgIpc) is 2.68. The number of nitrogens with one attached hydrogen (secondary N) is 3. The summed E-state index contributed by atoms with van der Waals surface area (Å²) in [6.07, 6.45) is 0. The summed E-state index contributed by atoms with van der Waals surface area (Å²) in [5.74, 6) is -0.133. The molecule has 0 atom stereocenters. The van der Waals surface area contributed by atoms with E-state index in [1.807, 2.05) is 0 Å². The van der Waals surface area contributed by atoms with Crippen molar-refractivity contribution < 1.29 is 23.9 Å². The Balaban J connectivity index is 2.07. The van der Waals surface area contributed by atoms with Crippen LogP contribution in [0.15, 0.2) is 42.5 Å². The highest BCUT2D eigenvalue weighted by Crippen LogP contribution is 2.31. The first-order chi connectivity index (χ1) is 13.7. The lowest BCUT2D eigenvalue weighted by atomic mass is 9.90. The van der Waals surface area contributed by atoms with E-state index in [9.17, 15) is 14.4 Å². The molecule has 2 aromatic rings. The summed E-state index contributed by atoms with van der Waals surface area (Å²) in [5.41, 5.74) is 0.258. The van der Waals surface area contributed by atoms with Gasteiger partial charge in [0.15, 0.2) is 11.5 Å². The van der Waals surface area contributed by atoms with Gasteiger partial charge in [0, 0.05) is 30.1 Å². The minimum Gasteiger partial charge on any atom is -0.493 e. The Labute approximate surface area is 169 Å². The molecule has 0 heterocycles. The standard InChI is InChI=1S/C21H25N3O5/c1-13(25)22-14-6-8-15(9-7-14)23-19(26)21(2,3)20(27)24-16-10-11-17(28-4)18(12-16)29-5/h6-12H,1-5H3,(H,22,25)(H,23,26)(H,24,27). The zero-order chi connectivity index (χ0) is 21.6. The monoisotopic (exact) mass is 399 g/mol. The Morgan fingerprint density at radius 2 is 1.17 bits per heavy atom. The van der Waals surface area contributed by atoms with Crippen LogP contribution in [0.5, 0.6) is 11.5 Å². The number of anilines is 3. The van der Waals surface area contributed by atoms with E-state index in [0.29, 0.717) is 28.6 Å². The van der Waals surface area contributed by atoms with Gasteiger partial charge < -0.3 is 25.4 Å². The van der Waals surface area contributed by atoms with Crippen LogP contribution in [0.2, 0.25) is 0 Å². The van der Waals surface area contributed by atoms with E-state index < -0.39 is 17.2 Å². The van der Waals surface area contributed by atoms with Gasteiger partial charge in [0.2, 0.25) is 17.7 Å². The molecule has 0 aliphatic carbocycles. The molecule has 0 aliphatic rings. The molecule has 3 amide bonds. The minimum absolute atomic E-state index is 0.185. The van der Waals surface area contributed by atoms with Crippen molar-refractivity contribution in [2.75, 3.05) is 30.2 Å². The lowest BCUT2D eigenvalue weighted by Gasteiger charge is -2.23. The van der Waals surface area contributed by atoms with Gasteiger partial charge in [-0.2, -0.15) is 0 Å². The van der Waals surface area contributed by atoms with Gasteiger partial charge in [-0.25, -0.2) is 0 Å². The molecule has 3 N–H and O–H groups in total. The molecule has 8 heteroatoms. The van der Waals surface area contributed by atoms with Gasteiger partial charge in [0.1, 0.15) is 5.41 Å². The van der Waals surface area contributed by atoms with Crippen molar-refractivity contribution in [3.63, 3.8) is 0 Å². The van der Waals surface area contributed by atoms with E-state index in [1.54, 1.807) is 42.5 Å². The zero-order valence-electron chi connectivity index (χ0n) is 17.1. The number of hydrogen-bond donors (Lipinski definition) is 3. The van der Waals surface area contributed by atoms with Crippen molar-refractivity contribution in [3.05, 3.63) is 42.5 Å². The second-order valence-corrected chi connectivity index (χ2v) is 6.86. The molecule has 0 aliphatic heterocycles. The van der Waals surface area contributed by atoms with Crippen LogP contribution in [-0.2, 0) is 14.4 Å². The molecule has 0 radical (unpaired) electrons. The number of carbonyl (C=O) groups is 3. The molecule has 29 heavy (non-hydrogen) atoms. The predicted octanol–water partition coefficient (Wildman–Crippen LogP) is 3.27. The summed E-state index contributed by atoms with van der Waals surface area (Å²) < 4.78 is 10.4. The van der Waals surface area contributed by atoms with E-state index in [4.69, 9.17) is 9.47 Å². The van der Waals surface area contributed by atoms with Gasteiger partial charge in [-0.05, 0) is 50.2 Å². The number of amides is 3. The second-order valence-electron chi connectivity index (χ2n) is 6.86. The number of carbonyl (C=O) groups excluding carboxylic acids is 3. The summed E-state index contributed by atoms with van der Waals surface area (Å²) in [4.78, 5) is 36.4. The van der Waals surface area contributed by atoms with E-state index >= 15 is 0 Å². The normalized spacial score (nSPS) is 10.7. The van der Waals surface area contributed by atoms with Crippen molar-refractivity contribution in [1.29, 1.82) is 0 Å². The van der Waals surface area contributed by atoms with Crippen molar-refractivity contribution in [1.82, 2.24) is 0 Å². The van der Waals surface area contributed by atoms with Gasteiger partial charge in [-0.3, -0.25) is 14.4 Å². The van der Waals surface area contributed by atoms with E-state index in [1.165, 1.54) is 35.0 Å². The molecule has 0 spiro atoms. The lowest BCUT2D eigenvalue weighted by molar-refractivity contribution is -0.135. The maximum atomic E-state index is 12.7. The van der Waals surface area contributed by atoms with Crippen LogP contribution in [0, 0.1) is 5.41 Å². The number of benzene rings is 2. The van der Waals surface area contributed by atoms with Crippen molar-refractivity contribution in [3.8, 4) is 11.5 Å². The molecule has 0 bridgehead atoms. The SMILES string of the molecule is COc1ccc(NC(=O)C(C)(C)C(=O)Nc2ccc(NC(C)=O)cc2)cc1OC. The fraction of sp³-hybridized carbons (Fsp3) is 0.286. The van der Waals surface area contributed by atoms with E-state index in [0.717, 1.165) is 0 Å². The highest BCUT2D eigenvalue weighted by atomic mass is 16.5. The van der Waals surface area contributed by atoms with Crippen LogP contribution < -0.4 is 25.4 Å². The third-order valence-corrected chi connectivity index (χ3v) is 4.24. The molecule has 0 aromatic heterocycles. The zero-order valence-corrected chi connectivity index (χ0v) is 17.1. The predicted molar refractivity (Wildman–Crippen MR) is 111 cm³/mol. The van der Waals surface area contributed by atoms with Crippen LogP contribution in [0.25, 0.3) is 0 Å². The van der Waals surface area contributed by atoms with Gasteiger partial charge in [-0.1, -0.05) is 0 Å². The Kier molecular flexibility index (Phi) is 6.82. The Morgan fingerprint density at radius 1 is 0.724 bits per heavy atom. The summed E-state index contributed by atoms with van der Waals surface area (Å²) in [6, 6.07) is 11.6. The van der Waals surface area contributed by atoms with Gasteiger partial charge in [0.25, 0.3) is 0 Å². The fourth-order valence-corrected chi connectivity index (χ4v) is 2.43. The topological polar surface area (TPSA) is 106 Å². The average molecular weight is 399 g/mol. The van der Waals surface area contributed by atoms with Crippen LogP contribution in [0.4, 0.5) is 17.1 Å². The first kappa shape index (κ1) is 21.7. The Morgan fingerprint density at radius 3 is 1.66 bits per heavy atom. The fourth-order valence-electron chi connectivity index (χ4n) is 2.43. The van der Waals surface area contributed by atoms with E-state index in [-0.39, 0.29) is 5.91 Å². The highest BCUT2D eigenvalue weighted by molar-refractivity contribution is 6.14. The first-order valence-corrected chi connectivity index (χ1v) is 8.90. The first-order valence-electron chi connectivity index (χ1n) is 8.90. The molecule has 0 unspecified atom stereocenters. The molecular weight excluding hydrogens is 374 g/mol. The number of rotatable bonds is 7. The van der Waals surface area contributed by atoms with Gasteiger partial charge >= 0.3 is 0 Å². The Hall–Kier alpha value is -3.55. The third kappa shape index (κ3) is 5.47. The van der Waals surface area contributed by atoms with E-state index in [2.05, 4.69) is 16.0 Å². The summed E-state index contributed by atoms with van der Waals surface area (Å²) in [7, 11) is 3.02. The molecule has 0 saturated carbocycles. The number of hydrogen-bond acceptors (Lipinski definition) is 5. The van der Waals surface area contributed by atoms with Crippen LogP contribution in [0.1, 0.15) is 20.8 Å². The number of ether oxygens (including phenoxy) is 2. The summed E-state index contributed by atoms with van der Waals surface area (Å²) in [5, 5.41) is 8.08. The van der Waals surface area contributed by atoms with Crippen molar-refractivity contribution in [2.45, 2.75) is 20.8 Å². The van der Waals surface area contributed by atoms with Crippen LogP contribution >= 0.6 is 0 Å². The molecule has 2 aromatic carbocycles. The quantitative estimate of drug-likeness (QED) is 0.620. The smallest absolute Gasteiger partial charge is 0.239 e.